The molecule has 8 heteroatoms. The summed E-state index contributed by atoms with van der Waals surface area (Å²) in [7, 11) is 0. The van der Waals surface area contributed by atoms with E-state index in [1.165, 1.54) is 17.8 Å². The number of aromatic amines is 1. The van der Waals surface area contributed by atoms with Crippen LogP contribution in [-0.4, -0.2) is 27.4 Å². The van der Waals surface area contributed by atoms with Crippen LogP contribution in [0.3, 0.4) is 0 Å². The Balaban J connectivity index is 1.53. The molecule has 1 aromatic carbocycles. The fraction of sp³-hybridized carbons (Fsp3) is 0.111. The Kier molecular flexibility index (Phi) is 4.06. The lowest BCUT2D eigenvalue weighted by Crippen LogP contribution is -2.33. The van der Waals surface area contributed by atoms with Crippen molar-refractivity contribution >= 4 is 28.8 Å². The van der Waals surface area contributed by atoms with Gasteiger partial charge in [0.1, 0.15) is 11.8 Å². The Labute approximate surface area is 148 Å². The lowest BCUT2D eigenvalue weighted by Gasteiger charge is -2.05. The highest BCUT2D eigenvalue weighted by atomic mass is 16.6. The molecular formula is C18H16N6O2. The zero-order valence-electron chi connectivity index (χ0n) is 13.8. The number of nitrogens with zero attached hydrogens (tertiary/aromatic N) is 3. The largest absolute Gasteiger partial charge is 0.352 e. The summed E-state index contributed by atoms with van der Waals surface area (Å²) in [6.07, 6.45) is 4.92. The van der Waals surface area contributed by atoms with Gasteiger partial charge in [-0.05, 0) is 11.6 Å². The molecule has 0 aliphatic carbocycles. The summed E-state index contributed by atoms with van der Waals surface area (Å²) in [5.74, 6) is 0.712. The number of H-pyrrole nitrogens is 1. The highest BCUT2D eigenvalue weighted by Crippen LogP contribution is 2.24. The van der Waals surface area contributed by atoms with Gasteiger partial charge in [0.15, 0.2) is 5.96 Å². The van der Waals surface area contributed by atoms with Crippen molar-refractivity contribution in [2.24, 2.45) is 4.99 Å². The molecule has 2 aromatic heterocycles. The number of aliphatic imine (C=N–C) groups is 1. The predicted octanol–water partition coefficient (Wildman–Crippen LogP) is 2.56. The quantitative estimate of drug-likeness (QED) is 0.496. The number of rotatable bonds is 4. The molecule has 0 spiro atoms. The molecule has 0 saturated carbocycles. The topological polar surface area (TPSA) is 108 Å². The van der Waals surface area contributed by atoms with Gasteiger partial charge in [-0.15, -0.1) is 0 Å². The molecule has 1 aliphatic heterocycles. The van der Waals surface area contributed by atoms with Gasteiger partial charge >= 0.3 is 0 Å². The molecule has 26 heavy (non-hydrogen) atoms. The van der Waals surface area contributed by atoms with Crippen LogP contribution in [-0.2, 0) is 6.54 Å². The zero-order chi connectivity index (χ0) is 17.9. The number of pyridine rings is 1. The number of nitrogens with one attached hydrogen (secondary N) is 3. The van der Waals surface area contributed by atoms with Crippen LogP contribution < -0.4 is 10.6 Å². The number of guanidine groups is 1. The Morgan fingerprint density at radius 1 is 1.31 bits per heavy atom. The van der Waals surface area contributed by atoms with Gasteiger partial charge in [0.05, 0.1) is 17.2 Å². The Morgan fingerprint density at radius 3 is 2.96 bits per heavy atom. The van der Waals surface area contributed by atoms with Crippen LogP contribution in [0.1, 0.15) is 11.1 Å². The number of aromatic nitrogens is 2. The summed E-state index contributed by atoms with van der Waals surface area (Å²) < 4.78 is 0. The fourth-order valence-corrected chi connectivity index (χ4v) is 2.78. The van der Waals surface area contributed by atoms with Gasteiger partial charge < -0.3 is 15.6 Å². The SMILES string of the molecule is O=[N+]([O-])c1cnc2[nH]cc(/C=C3/CNC(NCc4ccccc4)=N3)c2c1. The van der Waals surface area contributed by atoms with Crippen LogP contribution in [0.15, 0.2) is 59.5 Å². The zero-order valence-corrected chi connectivity index (χ0v) is 13.8. The third-order valence-electron chi connectivity index (χ3n) is 4.08. The standard InChI is InChI=1S/C18H16N6O2/c25-24(26)15-7-16-13(9-19-17(16)20-11-15)6-14-10-22-18(23-14)21-8-12-4-2-1-3-5-12/h1-7,9,11H,8,10H2,(H,19,20)(H2,21,22,23)/b14-6-. The summed E-state index contributed by atoms with van der Waals surface area (Å²) in [6.45, 7) is 1.27. The highest BCUT2D eigenvalue weighted by molar-refractivity contribution is 5.90. The number of hydrogen-bond donors (Lipinski definition) is 3. The van der Waals surface area contributed by atoms with E-state index in [-0.39, 0.29) is 5.69 Å². The van der Waals surface area contributed by atoms with Gasteiger partial charge in [-0.1, -0.05) is 30.3 Å². The molecule has 8 nitrogen and oxygen atoms in total. The molecule has 0 atom stereocenters. The predicted molar refractivity (Wildman–Crippen MR) is 99.4 cm³/mol. The summed E-state index contributed by atoms with van der Waals surface area (Å²) in [6, 6.07) is 11.6. The van der Waals surface area contributed by atoms with Crippen molar-refractivity contribution in [2.75, 3.05) is 6.54 Å². The van der Waals surface area contributed by atoms with Gasteiger partial charge in [-0.25, -0.2) is 9.98 Å². The number of hydrogen-bond acceptors (Lipinski definition) is 6. The highest BCUT2D eigenvalue weighted by Gasteiger charge is 2.14. The van der Waals surface area contributed by atoms with Crippen LogP contribution in [0.5, 0.6) is 0 Å². The van der Waals surface area contributed by atoms with Crippen molar-refractivity contribution < 1.29 is 4.92 Å². The van der Waals surface area contributed by atoms with E-state index in [9.17, 15) is 10.1 Å². The number of nitro groups is 1. The van der Waals surface area contributed by atoms with Crippen molar-refractivity contribution in [1.29, 1.82) is 0 Å². The van der Waals surface area contributed by atoms with Crippen molar-refractivity contribution in [3.63, 3.8) is 0 Å². The maximum absolute atomic E-state index is 11.0. The normalized spacial score (nSPS) is 15.1. The molecule has 0 saturated heterocycles. The minimum atomic E-state index is -0.447. The van der Waals surface area contributed by atoms with Gasteiger partial charge in [0, 0.05) is 29.8 Å². The van der Waals surface area contributed by atoms with Gasteiger partial charge in [-0.3, -0.25) is 10.1 Å². The minimum absolute atomic E-state index is 0.0324. The lowest BCUT2D eigenvalue weighted by molar-refractivity contribution is -0.385. The van der Waals surface area contributed by atoms with E-state index >= 15 is 0 Å². The molecular weight excluding hydrogens is 332 g/mol. The molecule has 0 fully saturated rings. The molecule has 0 bridgehead atoms. The molecule has 3 N–H and O–H groups in total. The number of fused-ring (bicyclic) bond motifs is 1. The maximum Gasteiger partial charge on any atom is 0.288 e. The number of benzene rings is 1. The first-order valence-electron chi connectivity index (χ1n) is 8.11. The van der Waals surface area contributed by atoms with E-state index in [2.05, 4.69) is 25.6 Å². The lowest BCUT2D eigenvalue weighted by atomic mass is 10.2. The van der Waals surface area contributed by atoms with Gasteiger partial charge in [-0.2, -0.15) is 0 Å². The van der Waals surface area contributed by atoms with E-state index in [1.54, 1.807) is 6.20 Å². The Bertz CT molecular complexity index is 1020. The first-order chi connectivity index (χ1) is 12.7. The van der Waals surface area contributed by atoms with E-state index in [0.717, 1.165) is 11.3 Å². The van der Waals surface area contributed by atoms with Crippen LogP contribution in [0.25, 0.3) is 17.1 Å². The molecule has 0 amide bonds. The molecule has 3 aromatic rings. The van der Waals surface area contributed by atoms with Crippen molar-refractivity contribution in [1.82, 2.24) is 20.6 Å². The monoisotopic (exact) mass is 348 g/mol. The molecule has 0 unspecified atom stereocenters. The molecule has 4 rings (SSSR count). The third-order valence-corrected chi connectivity index (χ3v) is 4.08. The first-order valence-corrected chi connectivity index (χ1v) is 8.11. The van der Waals surface area contributed by atoms with Gasteiger partial charge in [0.2, 0.25) is 0 Å². The van der Waals surface area contributed by atoms with Gasteiger partial charge in [0.25, 0.3) is 5.69 Å². The Hall–Kier alpha value is -3.68. The second kappa shape index (κ2) is 6.67. The van der Waals surface area contributed by atoms with Crippen LogP contribution in [0.4, 0.5) is 5.69 Å². The average Bonchev–Trinajstić information content (AvgIpc) is 3.28. The maximum atomic E-state index is 11.0. The fourth-order valence-electron chi connectivity index (χ4n) is 2.78. The summed E-state index contributed by atoms with van der Waals surface area (Å²) >= 11 is 0. The van der Waals surface area contributed by atoms with E-state index < -0.39 is 4.92 Å². The van der Waals surface area contributed by atoms with Crippen LogP contribution >= 0.6 is 0 Å². The van der Waals surface area contributed by atoms with Crippen LogP contribution in [0.2, 0.25) is 0 Å². The minimum Gasteiger partial charge on any atom is -0.352 e. The third kappa shape index (κ3) is 3.25. The molecule has 130 valence electrons. The second-order valence-electron chi connectivity index (χ2n) is 5.88. The summed E-state index contributed by atoms with van der Waals surface area (Å²) in [5.41, 5.74) is 3.41. The van der Waals surface area contributed by atoms with Crippen molar-refractivity contribution in [2.45, 2.75) is 6.54 Å². The first kappa shape index (κ1) is 15.8. The summed E-state index contributed by atoms with van der Waals surface area (Å²) in [5, 5.41) is 18.1. The Morgan fingerprint density at radius 2 is 2.15 bits per heavy atom. The van der Waals surface area contributed by atoms with Crippen LogP contribution in [0, 0.1) is 10.1 Å². The molecule has 0 radical (unpaired) electrons. The van der Waals surface area contributed by atoms with Crippen molar-refractivity contribution in [3.8, 4) is 0 Å². The average molecular weight is 348 g/mol. The van der Waals surface area contributed by atoms with E-state index in [4.69, 9.17) is 0 Å². The molecule has 3 heterocycles. The van der Waals surface area contributed by atoms with E-state index in [1.807, 2.05) is 36.4 Å². The molecule has 1 aliphatic rings. The van der Waals surface area contributed by atoms with Crippen molar-refractivity contribution in [3.05, 3.63) is 75.7 Å². The smallest absolute Gasteiger partial charge is 0.288 e. The van der Waals surface area contributed by atoms with E-state index in [0.29, 0.717) is 30.1 Å². The second-order valence-corrected chi connectivity index (χ2v) is 5.88. The summed E-state index contributed by atoms with van der Waals surface area (Å²) in [4.78, 5) is 22.1.